The van der Waals surface area contributed by atoms with Crippen molar-refractivity contribution in [3.63, 3.8) is 0 Å². The van der Waals surface area contributed by atoms with Crippen LogP contribution in [0.4, 0.5) is 5.69 Å². The van der Waals surface area contributed by atoms with E-state index in [-0.39, 0.29) is 12.3 Å². The molecule has 0 fully saturated rings. The zero-order valence-corrected chi connectivity index (χ0v) is 8.80. The predicted octanol–water partition coefficient (Wildman–Crippen LogP) is 1.56. The van der Waals surface area contributed by atoms with Crippen LogP contribution in [0.15, 0.2) is 35.1 Å². The predicted molar refractivity (Wildman–Crippen MR) is 57.8 cm³/mol. The number of pyridine rings is 1. The van der Waals surface area contributed by atoms with Gasteiger partial charge in [0.2, 0.25) is 11.8 Å². The van der Waals surface area contributed by atoms with Crippen molar-refractivity contribution < 1.29 is 9.21 Å². The Morgan fingerprint density at radius 2 is 2.38 bits per heavy atom. The van der Waals surface area contributed by atoms with Gasteiger partial charge in [0.25, 0.3) is 0 Å². The number of anilines is 1. The molecule has 2 aromatic heterocycles. The third-order valence-electron chi connectivity index (χ3n) is 1.93. The first-order valence-corrected chi connectivity index (χ1v) is 4.85. The Hall–Kier alpha value is -2.17. The largest absolute Gasteiger partial charge is 0.445 e. The molecule has 0 aromatic carbocycles. The lowest BCUT2D eigenvalue weighted by atomic mass is 10.3. The summed E-state index contributed by atoms with van der Waals surface area (Å²) in [4.78, 5) is 19.4. The van der Waals surface area contributed by atoms with Gasteiger partial charge < -0.3 is 9.73 Å². The van der Waals surface area contributed by atoms with E-state index in [2.05, 4.69) is 15.3 Å². The van der Waals surface area contributed by atoms with E-state index in [1.807, 2.05) is 0 Å². The Labute approximate surface area is 92.5 Å². The standard InChI is InChI=1S/C11H11N3O2/c1-8-6-13-11(16-8)5-10(15)14-9-3-2-4-12-7-9/h2-4,6-7H,5H2,1H3,(H,14,15). The Bertz CT molecular complexity index is 479. The second-order valence-corrected chi connectivity index (χ2v) is 3.33. The zero-order valence-electron chi connectivity index (χ0n) is 8.80. The van der Waals surface area contributed by atoms with Gasteiger partial charge in [-0.05, 0) is 19.1 Å². The molecule has 0 aliphatic carbocycles. The van der Waals surface area contributed by atoms with Gasteiger partial charge in [0.05, 0.1) is 18.1 Å². The van der Waals surface area contributed by atoms with Crippen molar-refractivity contribution in [3.05, 3.63) is 42.4 Å². The van der Waals surface area contributed by atoms with Crippen molar-refractivity contribution in [1.29, 1.82) is 0 Å². The molecule has 82 valence electrons. The molecule has 1 amide bonds. The molecule has 5 heteroatoms. The fourth-order valence-corrected chi connectivity index (χ4v) is 1.26. The van der Waals surface area contributed by atoms with E-state index in [1.165, 1.54) is 0 Å². The number of hydrogen-bond donors (Lipinski definition) is 1. The van der Waals surface area contributed by atoms with Crippen LogP contribution in [-0.2, 0) is 11.2 Å². The number of carbonyl (C=O) groups is 1. The Balaban J connectivity index is 1.95. The summed E-state index contributed by atoms with van der Waals surface area (Å²) < 4.78 is 5.20. The summed E-state index contributed by atoms with van der Waals surface area (Å²) in [6.07, 6.45) is 4.95. The Kier molecular flexibility index (Phi) is 2.95. The van der Waals surface area contributed by atoms with Crippen molar-refractivity contribution in [2.45, 2.75) is 13.3 Å². The molecule has 0 bridgehead atoms. The second-order valence-electron chi connectivity index (χ2n) is 3.33. The first-order valence-electron chi connectivity index (χ1n) is 4.85. The van der Waals surface area contributed by atoms with Crippen LogP contribution in [0, 0.1) is 6.92 Å². The van der Waals surface area contributed by atoms with Crippen LogP contribution in [0.2, 0.25) is 0 Å². The molecular weight excluding hydrogens is 206 g/mol. The van der Waals surface area contributed by atoms with Gasteiger partial charge in [-0.25, -0.2) is 4.98 Å². The average molecular weight is 217 g/mol. The normalized spacial score (nSPS) is 10.1. The third kappa shape index (κ3) is 2.66. The molecule has 0 radical (unpaired) electrons. The number of oxazole rings is 1. The molecule has 0 atom stereocenters. The summed E-state index contributed by atoms with van der Waals surface area (Å²) in [7, 11) is 0. The SMILES string of the molecule is Cc1cnc(CC(=O)Nc2cccnc2)o1. The van der Waals surface area contributed by atoms with Crippen molar-refractivity contribution in [2.24, 2.45) is 0 Å². The molecule has 0 aliphatic heterocycles. The summed E-state index contributed by atoms with van der Waals surface area (Å²) in [5.74, 6) is 0.943. The molecule has 2 aromatic rings. The fraction of sp³-hybridized carbons (Fsp3) is 0.182. The quantitative estimate of drug-likeness (QED) is 0.847. The van der Waals surface area contributed by atoms with Gasteiger partial charge in [-0.1, -0.05) is 0 Å². The van der Waals surface area contributed by atoms with E-state index >= 15 is 0 Å². The zero-order chi connectivity index (χ0) is 11.4. The highest BCUT2D eigenvalue weighted by Gasteiger charge is 2.08. The van der Waals surface area contributed by atoms with Crippen LogP contribution in [-0.4, -0.2) is 15.9 Å². The van der Waals surface area contributed by atoms with Crippen LogP contribution in [0.25, 0.3) is 0 Å². The van der Waals surface area contributed by atoms with Gasteiger partial charge in [-0.15, -0.1) is 0 Å². The first-order chi connectivity index (χ1) is 7.74. The van der Waals surface area contributed by atoms with Gasteiger partial charge in [-0.3, -0.25) is 9.78 Å². The molecule has 5 nitrogen and oxygen atoms in total. The minimum Gasteiger partial charge on any atom is -0.445 e. The van der Waals surface area contributed by atoms with Crippen molar-refractivity contribution in [2.75, 3.05) is 5.32 Å². The van der Waals surface area contributed by atoms with Crippen LogP contribution in [0.5, 0.6) is 0 Å². The molecule has 16 heavy (non-hydrogen) atoms. The van der Waals surface area contributed by atoms with Gasteiger partial charge in [0.1, 0.15) is 12.2 Å². The van der Waals surface area contributed by atoms with Crippen LogP contribution < -0.4 is 5.32 Å². The lowest BCUT2D eigenvalue weighted by Crippen LogP contribution is -2.14. The maximum Gasteiger partial charge on any atom is 0.233 e. The molecule has 1 N–H and O–H groups in total. The second kappa shape index (κ2) is 4.57. The van der Waals surface area contributed by atoms with Crippen molar-refractivity contribution in [3.8, 4) is 0 Å². The van der Waals surface area contributed by atoms with Crippen molar-refractivity contribution in [1.82, 2.24) is 9.97 Å². The maximum absolute atomic E-state index is 11.6. The van der Waals surface area contributed by atoms with E-state index < -0.39 is 0 Å². The molecule has 0 saturated carbocycles. The summed E-state index contributed by atoms with van der Waals surface area (Å²) in [5, 5.41) is 2.70. The van der Waals surface area contributed by atoms with Gasteiger partial charge in [-0.2, -0.15) is 0 Å². The Morgan fingerprint density at radius 3 is 3.00 bits per heavy atom. The average Bonchev–Trinajstić information content (AvgIpc) is 2.65. The number of amides is 1. The van der Waals surface area contributed by atoms with E-state index in [4.69, 9.17) is 4.42 Å². The maximum atomic E-state index is 11.6. The minimum atomic E-state index is -0.171. The molecule has 2 heterocycles. The molecule has 0 spiro atoms. The van der Waals surface area contributed by atoms with E-state index in [9.17, 15) is 4.79 Å². The number of nitrogens with zero attached hydrogens (tertiary/aromatic N) is 2. The minimum absolute atomic E-state index is 0.128. The van der Waals surface area contributed by atoms with Crippen molar-refractivity contribution >= 4 is 11.6 Å². The topological polar surface area (TPSA) is 68.0 Å². The Morgan fingerprint density at radius 1 is 1.50 bits per heavy atom. The van der Waals surface area contributed by atoms with E-state index in [1.54, 1.807) is 37.6 Å². The third-order valence-corrected chi connectivity index (χ3v) is 1.93. The molecule has 2 rings (SSSR count). The summed E-state index contributed by atoms with van der Waals surface area (Å²) in [6, 6.07) is 3.52. The van der Waals surface area contributed by atoms with Gasteiger partial charge in [0, 0.05) is 6.20 Å². The van der Waals surface area contributed by atoms with Crippen LogP contribution in [0.1, 0.15) is 11.7 Å². The van der Waals surface area contributed by atoms with Crippen LogP contribution >= 0.6 is 0 Å². The lowest BCUT2D eigenvalue weighted by molar-refractivity contribution is -0.115. The molecule has 0 aliphatic rings. The molecule has 0 unspecified atom stereocenters. The summed E-state index contributed by atoms with van der Waals surface area (Å²) in [6.45, 7) is 1.79. The number of carbonyl (C=O) groups excluding carboxylic acids is 1. The van der Waals surface area contributed by atoms with Gasteiger partial charge >= 0.3 is 0 Å². The molecule has 0 saturated heterocycles. The highest BCUT2D eigenvalue weighted by molar-refractivity contribution is 5.91. The summed E-state index contributed by atoms with van der Waals surface area (Å²) in [5.41, 5.74) is 0.663. The highest BCUT2D eigenvalue weighted by atomic mass is 16.4. The van der Waals surface area contributed by atoms with E-state index in [0.717, 1.165) is 0 Å². The number of hydrogen-bond acceptors (Lipinski definition) is 4. The smallest absolute Gasteiger partial charge is 0.233 e. The number of rotatable bonds is 3. The first kappa shape index (κ1) is 10.4. The van der Waals surface area contributed by atoms with Gasteiger partial charge in [0.15, 0.2) is 0 Å². The number of aromatic nitrogens is 2. The number of nitrogens with one attached hydrogen (secondary N) is 1. The van der Waals surface area contributed by atoms with E-state index in [0.29, 0.717) is 17.3 Å². The van der Waals surface area contributed by atoms with Crippen LogP contribution in [0.3, 0.4) is 0 Å². The highest BCUT2D eigenvalue weighted by Crippen LogP contribution is 2.06. The fourth-order valence-electron chi connectivity index (χ4n) is 1.26. The molecular formula is C11H11N3O2. The lowest BCUT2D eigenvalue weighted by Gasteiger charge is -2.01. The number of aryl methyl sites for hydroxylation is 1. The summed E-state index contributed by atoms with van der Waals surface area (Å²) >= 11 is 0. The monoisotopic (exact) mass is 217 g/mol.